The van der Waals surface area contributed by atoms with Crippen molar-refractivity contribution < 1.29 is 4.74 Å². The van der Waals surface area contributed by atoms with Crippen LogP contribution in [0.4, 0.5) is 0 Å². The van der Waals surface area contributed by atoms with E-state index in [9.17, 15) is 0 Å². The van der Waals surface area contributed by atoms with Gasteiger partial charge in [0.05, 0.1) is 17.4 Å². The number of aromatic amines is 1. The van der Waals surface area contributed by atoms with E-state index in [-0.39, 0.29) is 0 Å². The molecule has 0 spiro atoms. The highest BCUT2D eigenvalue weighted by atomic mass is 16.5. The van der Waals surface area contributed by atoms with Crippen LogP contribution in [0.2, 0.25) is 0 Å². The van der Waals surface area contributed by atoms with Crippen molar-refractivity contribution in [3.63, 3.8) is 0 Å². The van der Waals surface area contributed by atoms with Crippen LogP contribution in [-0.2, 0) is 0 Å². The van der Waals surface area contributed by atoms with E-state index in [1.165, 1.54) is 0 Å². The van der Waals surface area contributed by atoms with E-state index in [2.05, 4.69) is 21.9 Å². The number of rotatable bonds is 2. The Bertz CT molecular complexity index is 494. The predicted molar refractivity (Wildman–Crippen MR) is 62.6 cm³/mol. The molecule has 1 aromatic heterocycles. The van der Waals surface area contributed by atoms with E-state index in [4.69, 9.17) is 4.74 Å². The molecule has 1 fully saturated rings. The first-order valence-electron chi connectivity index (χ1n) is 5.59. The Morgan fingerprint density at radius 3 is 3.25 bits per heavy atom. The van der Waals surface area contributed by atoms with Gasteiger partial charge in [0.25, 0.3) is 0 Å². The summed E-state index contributed by atoms with van der Waals surface area (Å²) in [6.45, 7) is 2.14. The van der Waals surface area contributed by atoms with Gasteiger partial charge in [-0.05, 0) is 25.6 Å². The van der Waals surface area contributed by atoms with Gasteiger partial charge in [-0.25, -0.2) is 4.98 Å². The maximum atomic E-state index is 5.93. The summed E-state index contributed by atoms with van der Waals surface area (Å²) in [5, 5.41) is 0. The normalized spacial score (nSPS) is 21.7. The molecule has 16 heavy (non-hydrogen) atoms. The average molecular weight is 217 g/mol. The van der Waals surface area contributed by atoms with Crippen molar-refractivity contribution in [1.82, 2.24) is 14.9 Å². The third kappa shape index (κ3) is 1.76. The molecule has 1 atom stereocenters. The standard InChI is InChI=1S/C12H15N3O/c1-15-5-4-10(7-15)16-9-2-3-11-12(6-9)14-8-13-11/h2-3,6,8,10H,4-5,7H2,1H3,(H,13,14). The zero-order valence-electron chi connectivity index (χ0n) is 9.31. The van der Waals surface area contributed by atoms with Crippen molar-refractivity contribution in [2.75, 3.05) is 20.1 Å². The minimum absolute atomic E-state index is 0.324. The summed E-state index contributed by atoms with van der Waals surface area (Å²) in [4.78, 5) is 9.57. The van der Waals surface area contributed by atoms with Crippen molar-refractivity contribution in [3.05, 3.63) is 24.5 Å². The number of nitrogens with zero attached hydrogens (tertiary/aromatic N) is 2. The van der Waals surface area contributed by atoms with E-state index in [0.717, 1.165) is 36.3 Å². The first-order valence-corrected chi connectivity index (χ1v) is 5.59. The Morgan fingerprint density at radius 2 is 2.44 bits per heavy atom. The lowest BCUT2D eigenvalue weighted by Crippen LogP contribution is -2.21. The molecule has 0 saturated carbocycles. The van der Waals surface area contributed by atoms with Gasteiger partial charge in [-0.15, -0.1) is 0 Å². The summed E-state index contributed by atoms with van der Waals surface area (Å²) < 4.78 is 5.93. The van der Waals surface area contributed by atoms with Gasteiger partial charge < -0.3 is 14.6 Å². The highest BCUT2D eigenvalue weighted by molar-refractivity contribution is 5.75. The number of imidazole rings is 1. The van der Waals surface area contributed by atoms with E-state index in [1.807, 2.05) is 18.2 Å². The highest BCUT2D eigenvalue weighted by Crippen LogP contribution is 2.21. The maximum Gasteiger partial charge on any atom is 0.122 e. The third-order valence-electron chi connectivity index (χ3n) is 3.04. The lowest BCUT2D eigenvalue weighted by atomic mass is 10.3. The van der Waals surface area contributed by atoms with E-state index >= 15 is 0 Å². The summed E-state index contributed by atoms with van der Waals surface area (Å²) in [6, 6.07) is 5.99. The fourth-order valence-corrected chi connectivity index (χ4v) is 2.17. The molecular formula is C12H15N3O. The summed E-state index contributed by atoms with van der Waals surface area (Å²) in [7, 11) is 2.13. The van der Waals surface area contributed by atoms with Crippen LogP contribution in [-0.4, -0.2) is 41.1 Å². The molecule has 3 rings (SSSR count). The van der Waals surface area contributed by atoms with Gasteiger partial charge in [0, 0.05) is 19.2 Å². The van der Waals surface area contributed by atoms with Crippen molar-refractivity contribution in [2.45, 2.75) is 12.5 Å². The number of benzene rings is 1. The van der Waals surface area contributed by atoms with Gasteiger partial charge in [0.15, 0.2) is 0 Å². The lowest BCUT2D eigenvalue weighted by Gasteiger charge is -2.13. The van der Waals surface area contributed by atoms with Crippen LogP contribution >= 0.6 is 0 Å². The number of H-pyrrole nitrogens is 1. The van der Waals surface area contributed by atoms with E-state index in [0.29, 0.717) is 6.10 Å². The van der Waals surface area contributed by atoms with Gasteiger partial charge >= 0.3 is 0 Å². The Morgan fingerprint density at radius 1 is 1.50 bits per heavy atom. The number of likely N-dealkylation sites (N-methyl/N-ethyl adjacent to an activating group) is 1. The second kappa shape index (κ2) is 3.79. The summed E-state index contributed by atoms with van der Waals surface area (Å²) in [5.41, 5.74) is 2.01. The Kier molecular flexibility index (Phi) is 2.29. The van der Waals surface area contributed by atoms with Gasteiger partial charge in [-0.2, -0.15) is 0 Å². The van der Waals surface area contributed by atoms with Crippen LogP contribution in [0.5, 0.6) is 5.75 Å². The van der Waals surface area contributed by atoms with Gasteiger partial charge in [-0.3, -0.25) is 0 Å². The number of fused-ring (bicyclic) bond motifs is 1. The van der Waals surface area contributed by atoms with Crippen LogP contribution in [0, 0.1) is 0 Å². The molecule has 1 unspecified atom stereocenters. The Balaban J connectivity index is 1.78. The molecular weight excluding hydrogens is 202 g/mol. The molecule has 2 heterocycles. The molecule has 4 heteroatoms. The molecule has 0 amide bonds. The Hall–Kier alpha value is -1.55. The van der Waals surface area contributed by atoms with E-state index in [1.54, 1.807) is 6.33 Å². The molecule has 1 N–H and O–H groups in total. The fraction of sp³-hybridized carbons (Fsp3) is 0.417. The first kappa shape index (κ1) is 9.66. The fourth-order valence-electron chi connectivity index (χ4n) is 2.17. The highest BCUT2D eigenvalue weighted by Gasteiger charge is 2.20. The largest absolute Gasteiger partial charge is 0.489 e. The molecule has 2 aromatic rings. The van der Waals surface area contributed by atoms with Crippen LogP contribution in [0.3, 0.4) is 0 Å². The second-order valence-electron chi connectivity index (χ2n) is 4.37. The van der Waals surface area contributed by atoms with Gasteiger partial charge in [-0.1, -0.05) is 0 Å². The molecule has 1 saturated heterocycles. The number of hydrogen-bond acceptors (Lipinski definition) is 3. The number of aromatic nitrogens is 2. The van der Waals surface area contributed by atoms with Crippen LogP contribution < -0.4 is 4.74 Å². The van der Waals surface area contributed by atoms with Crippen LogP contribution in [0.15, 0.2) is 24.5 Å². The zero-order valence-corrected chi connectivity index (χ0v) is 9.31. The lowest BCUT2D eigenvalue weighted by molar-refractivity contribution is 0.208. The van der Waals surface area contributed by atoms with Gasteiger partial charge in [0.1, 0.15) is 11.9 Å². The number of nitrogens with one attached hydrogen (secondary N) is 1. The molecule has 0 bridgehead atoms. The molecule has 1 aromatic carbocycles. The predicted octanol–water partition coefficient (Wildman–Crippen LogP) is 1.65. The second-order valence-corrected chi connectivity index (χ2v) is 4.37. The number of ether oxygens (including phenoxy) is 1. The van der Waals surface area contributed by atoms with Crippen molar-refractivity contribution >= 4 is 11.0 Å². The quantitative estimate of drug-likeness (QED) is 0.831. The first-order chi connectivity index (χ1) is 7.81. The van der Waals surface area contributed by atoms with Crippen LogP contribution in [0.25, 0.3) is 11.0 Å². The molecule has 1 aliphatic heterocycles. The SMILES string of the molecule is CN1CCC(Oc2ccc3nc[nH]c3c2)C1. The minimum atomic E-state index is 0.324. The van der Waals surface area contributed by atoms with Crippen molar-refractivity contribution in [3.8, 4) is 5.75 Å². The van der Waals surface area contributed by atoms with Gasteiger partial charge in [0.2, 0.25) is 0 Å². The third-order valence-corrected chi connectivity index (χ3v) is 3.04. The topological polar surface area (TPSA) is 41.1 Å². The summed E-state index contributed by atoms with van der Waals surface area (Å²) in [6.07, 6.45) is 3.14. The molecule has 4 nitrogen and oxygen atoms in total. The summed E-state index contributed by atoms with van der Waals surface area (Å²) in [5.74, 6) is 0.928. The minimum Gasteiger partial charge on any atom is -0.489 e. The van der Waals surface area contributed by atoms with Crippen molar-refractivity contribution in [1.29, 1.82) is 0 Å². The Labute approximate surface area is 94.2 Å². The number of likely N-dealkylation sites (tertiary alicyclic amines) is 1. The maximum absolute atomic E-state index is 5.93. The molecule has 0 radical (unpaired) electrons. The zero-order chi connectivity index (χ0) is 11.0. The average Bonchev–Trinajstić information content (AvgIpc) is 2.87. The van der Waals surface area contributed by atoms with Crippen molar-refractivity contribution in [2.24, 2.45) is 0 Å². The smallest absolute Gasteiger partial charge is 0.122 e. The summed E-state index contributed by atoms with van der Waals surface area (Å²) >= 11 is 0. The monoisotopic (exact) mass is 217 g/mol. The molecule has 1 aliphatic rings. The van der Waals surface area contributed by atoms with Crippen LogP contribution in [0.1, 0.15) is 6.42 Å². The van der Waals surface area contributed by atoms with E-state index < -0.39 is 0 Å². The molecule has 0 aliphatic carbocycles. The number of hydrogen-bond donors (Lipinski definition) is 1. The molecule has 84 valence electrons.